The monoisotopic (exact) mass is 437 g/mol. The van der Waals surface area contributed by atoms with Crippen LogP contribution in [0.3, 0.4) is 0 Å². The fourth-order valence-electron chi connectivity index (χ4n) is 2.85. The molecular weight excluding hydrogens is 421 g/mol. The molecule has 1 heterocycles. The van der Waals surface area contributed by atoms with Crippen molar-refractivity contribution >= 4 is 40.5 Å². The quantitative estimate of drug-likeness (QED) is 0.556. The summed E-state index contributed by atoms with van der Waals surface area (Å²) in [6.45, 7) is 4.05. The molecule has 28 heavy (non-hydrogen) atoms. The van der Waals surface area contributed by atoms with Gasteiger partial charge < -0.3 is 10.1 Å². The summed E-state index contributed by atoms with van der Waals surface area (Å²) in [5.41, 5.74) is 2.85. The molecule has 2 aromatic carbocycles. The Balaban J connectivity index is 1.91. The van der Waals surface area contributed by atoms with Crippen molar-refractivity contribution in [1.29, 1.82) is 0 Å². The predicted molar refractivity (Wildman–Crippen MR) is 115 cm³/mol. The van der Waals surface area contributed by atoms with E-state index in [1.807, 2.05) is 26.0 Å². The third kappa shape index (κ3) is 4.12. The number of ether oxygens (including phenoxy) is 1. The number of halogens is 3. The van der Waals surface area contributed by atoms with E-state index in [1.165, 1.54) is 6.20 Å². The zero-order chi connectivity index (χ0) is 20.4. The van der Waals surface area contributed by atoms with E-state index in [9.17, 15) is 4.79 Å². The highest BCUT2D eigenvalue weighted by atomic mass is 35.5. The summed E-state index contributed by atoms with van der Waals surface area (Å²) in [5.74, 6) is 0.796. The molecule has 0 aliphatic rings. The zero-order valence-electron chi connectivity index (χ0n) is 15.5. The number of methoxy groups -OCH3 is 1. The molecule has 1 atom stereocenters. The molecule has 0 saturated heterocycles. The first-order valence-corrected chi connectivity index (χ1v) is 9.59. The van der Waals surface area contributed by atoms with E-state index in [4.69, 9.17) is 39.5 Å². The van der Waals surface area contributed by atoms with E-state index in [1.54, 1.807) is 25.3 Å². The van der Waals surface area contributed by atoms with Gasteiger partial charge in [0.1, 0.15) is 10.8 Å². The van der Waals surface area contributed by atoms with Crippen molar-refractivity contribution in [2.45, 2.75) is 19.9 Å². The standard InChI is InChI=1S/C20H18Cl3N3O2/c1-11-4-7-18(28-3)14(8-11)12(2)25-17-6-5-13(9-15(17)21)26-20(27)19(23)16(22)10-24-26/h4-10,12,25H,1-3H3. The number of nitrogens with one attached hydrogen (secondary N) is 1. The number of hydrogen-bond acceptors (Lipinski definition) is 4. The molecule has 0 amide bonds. The average molecular weight is 439 g/mol. The molecule has 3 rings (SSSR count). The first-order chi connectivity index (χ1) is 13.3. The number of hydrogen-bond donors (Lipinski definition) is 1. The maximum Gasteiger partial charge on any atom is 0.291 e. The van der Waals surface area contributed by atoms with Gasteiger partial charge in [-0.25, -0.2) is 0 Å². The van der Waals surface area contributed by atoms with Crippen molar-refractivity contribution in [2.24, 2.45) is 0 Å². The molecule has 0 saturated carbocycles. The van der Waals surface area contributed by atoms with Gasteiger partial charge in [-0.1, -0.05) is 52.5 Å². The lowest BCUT2D eigenvalue weighted by molar-refractivity contribution is 0.408. The van der Waals surface area contributed by atoms with E-state index >= 15 is 0 Å². The smallest absolute Gasteiger partial charge is 0.291 e. The number of anilines is 1. The molecule has 0 aliphatic carbocycles. The topological polar surface area (TPSA) is 56.1 Å². The number of aromatic nitrogens is 2. The fraction of sp³-hybridized carbons (Fsp3) is 0.200. The van der Waals surface area contributed by atoms with Crippen molar-refractivity contribution < 1.29 is 4.74 Å². The van der Waals surface area contributed by atoms with Crippen LogP contribution in [0.1, 0.15) is 24.1 Å². The van der Waals surface area contributed by atoms with Gasteiger partial charge in [-0.2, -0.15) is 9.78 Å². The molecular formula is C20H18Cl3N3O2. The summed E-state index contributed by atoms with van der Waals surface area (Å²) in [6, 6.07) is 11.1. The van der Waals surface area contributed by atoms with E-state index in [0.717, 1.165) is 27.2 Å². The molecule has 146 valence electrons. The van der Waals surface area contributed by atoms with Gasteiger partial charge in [-0.05, 0) is 38.1 Å². The van der Waals surface area contributed by atoms with Gasteiger partial charge in [0.15, 0.2) is 0 Å². The lowest BCUT2D eigenvalue weighted by Gasteiger charge is -2.20. The highest BCUT2D eigenvalue weighted by molar-refractivity contribution is 6.41. The SMILES string of the molecule is COc1ccc(C)cc1C(C)Nc1ccc(-n2ncc(Cl)c(Cl)c2=O)cc1Cl. The first kappa shape index (κ1) is 20.5. The molecule has 1 N–H and O–H groups in total. The maximum absolute atomic E-state index is 12.3. The molecule has 1 aromatic heterocycles. The molecule has 8 heteroatoms. The summed E-state index contributed by atoms with van der Waals surface area (Å²) >= 11 is 18.2. The number of aryl methyl sites for hydroxylation is 1. The van der Waals surface area contributed by atoms with Crippen LogP contribution >= 0.6 is 34.8 Å². The summed E-state index contributed by atoms with van der Waals surface area (Å²) in [7, 11) is 1.64. The summed E-state index contributed by atoms with van der Waals surface area (Å²) < 4.78 is 6.61. The Bertz CT molecular complexity index is 1080. The normalized spacial score (nSPS) is 11.9. The van der Waals surface area contributed by atoms with Crippen molar-refractivity contribution in [2.75, 3.05) is 12.4 Å². The Morgan fingerprint density at radius 1 is 1.11 bits per heavy atom. The van der Waals surface area contributed by atoms with Crippen LogP contribution in [0.15, 0.2) is 47.4 Å². The molecule has 1 unspecified atom stereocenters. The van der Waals surface area contributed by atoms with Gasteiger partial charge in [0.2, 0.25) is 0 Å². The average Bonchev–Trinajstić information content (AvgIpc) is 2.68. The van der Waals surface area contributed by atoms with E-state index in [-0.39, 0.29) is 16.1 Å². The highest BCUT2D eigenvalue weighted by Gasteiger charge is 2.15. The van der Waals surface area contributed by atoms with Gasteiger partial charge in [0.25, 0.3) is 5.56 Å². The van der Waals surface area contributed by atoms with Crippen LogP contribution in [0.4, 0.5) is 5.69 Å². The predicted octanol–water partition coefficient (Wildman–Crippen LogP) is 5.68. The fourth-order valence-corrected chi connectivity index (χ4v) is 3.34. The van der Waals surface area contributed by atoms with Crippen LogP contribution in [-0.2, 0) is 0 Å². The van der Waals surface area contributed by atoms with Gasteiger partial charge in [-0.15, -0.1) is 0 Å². The number of nitrogens with zero attached hydrogens (tertiary/aromatic N) is 2. The molecule has 0 spiro atoms. The number of rotatable bonds is 5. The summed E-state index contributed by atoms with van der Waals surface area (Å²) in [6.07, 6.45) is 1.32. The van der Waals surface area contributed by atoms with Crippen molar-refractivity contribution in [3.8, 4) is 11.4 Å². The highest BCUT2D eigenvalue weighted by Crippen LogP contribution is 2.32. The zero-order valence-corrected chi connectivity index (χ0v) is 17.7. The maximum atomic E-state index is 12.3. The van der Waals surface area contributed by atoms with Gasteiger partial charge in [-0.3, -0.25) is 4.79 Å². The third-order valence-electron chi connectivity index (χ3n) is 4.30. The minimum Gasteiger partial charge on any atom is -0.496 e. The Morgan fingerprint density at radius 3 is 2.54 bits per heavy atom. The second-order valence-electron chi connectivity index (χ2n) is 6.30. The lowest BCUT2D eigenvalue weighted by Crippen LogP contribution is -2.21. The summed E-state index contributed by atoms with van der Waals surface area (Å²) in [5, 5.41) is 7.85. The van der Waals surface area contributed by atoms with Gasteiger partial charge in [0, 0.05) is 5.56 Å². The Kier molecular flexibility index (Phi) is 6.18. The second kappa shape index (κ2) is 8.43. The van der Waals surface area contributed by atoms with Crippen molar-refractivity contribution in [3.05, 3.63) is 79.1 Å². The molecule has 0 fully saturated rings. The Hall–Kier alpha value is -2.21. The molecule has 3 aromatic rings. The largest absolute Gasteiger partial charge is 0.496 e. The molecule has 5 nitrogen and oxygen atoms in total. The minimum absolute atomic E-state index is 0.0518. The van der Waals surface area contributed by atoms with Crippen LogP contribution in [0, 0.1) is 6.92 Å². The number of benzene rings is 2. The lowest BCUT2D eigenvalue weighted by atomic mass is 10.0. The van der Waals surface area contributed by atoms with Crippen LogP contribution in [-0.4, -0.2) is 16.9 Å². The van der Waals surface area contributed by atoms with E-state index in [0.29, 0.717) is 10.7 Å². The van der Waals surface area contributed by atoms with E-state index < -0.39 is 5.56 Å². The second-order valence-corrected chi connectivity index (χ2v) is 7.49. The van der Waals surface area contributed by atoms with Crippen molar-refractivity contribution in [3.63, 3.8) is 0 Å². The van der Waals surface area contributed by atoms with Crippen LogP contribution < -0.4 is 15.6 Å². The van der Waals surface area contributed by atoms with Crippen LogP contribution in [0.25, 0.3) is 5.69 Å². The summed E-state index contributed by atoms with van der Waals surface area (Å²) in [4.78, 5) is 12.3. The van der Waals surface area contributed by atoms with Crippen molar-refractivity contribution in [1.82, 2.24) is 9.78 Å². The Labute approximate surface area is 177 Å². The van der Waals surface area contributed by atoms with Gasteiger partial charge in [0.05, 0.1) is 40.8 Å². The Morgan fingerprint density at radius 2 is 1.86 bits per heavy atom. The van der Waals surface area contributed by atoms with Gasteiger partial charge >= 0.3 is 0 Å². The first-order valence-electron chi connectivity index (χ1n) is 8.46. The van der Waals surface area contributed by atoms with Crippen LogP contribution in [0.5, 0.6) is 5.75 Å². The third-order valence-corrected chi connectivity index (χ3v) is 5.36. The molecule has 0 radical (unpaired) electrons. The molecule has 0 bridgehead atoms. The van der Waals surface area contributed by atoms with E-state index in [2.05, 4.69) is 16.5 Å². The van der Waals surface area contributed by atoms with Crippen LogP contribution in [0.2, 0.25) is 15.1 Å². The molecule has 0 aliphatic heterocycles. The minimum atomic E-state index is -0.510.